The quantitative estimate of drug-likeness (QED) is 0.807. The van der Waals surface area contributed by atoms with E-state index in [4.69, 9.17) is 16.7 Å². The molecule has 1 saturated heterocycles. The molecule has 0 aliphatic carbocycles. The van der Waals surface area contributed by atoms with Crippen LogP contribution in [0.3, 0.4) is 0 Å². The highest BCUT2D eigenvalue weighted by Gasteiger charge is 2.34. The van der Waals surface area contributed by atoms with Gasteiger partial charge in [-0.25, -0.2) is 4.79 Å². The van der Waals surface area contributed by atoms with Crippen LogP contribution < -0.4 is 5.32 Å². The lowest BCUT2D eigenvalue weighted by Gasteiger charge is -2.31. The van der Waals surface area contributed by atoms with Gasteiger partial charge in [-0.3, -0.25) is 9.59 Å². The van der Waals surface area contributed by atoms with Crippen molar-refractivity contribution in [1.82, 2.24) is 10.2 Å². The maximum absolute atomic E-state index is 12.1. The second kappa shape index (κ2) is 6.41. The van der Waals surface area contributed by atoms with Gasteiger partial charge >= 0.3 is 5.97 Å². The van der Waals surface area contributed by atoms with Gasteiger partial charge in [0.05, 0.1) is 0 Å². The predicted molar refractivity (Wildman–Crippen MR) is 76.6 cm³/mol. The maximum Gasteiger partial charge on any atom is 0.328 e. The summed E-state index contributed by atoms with van der Waals surface area (Å²) in [6.07, 6.45) is 2.79. The average molecular weight is 309 g/mol. The number of hydrogen-bond donors (Lipinski definition) is 2. The van der Waals surface area contributed by atoms with Crippen molar-refractivity contribution in [3.63, 3.8) is 0 Å². The Hall–Kier alpha value is -2.34. The summed E-state index contributed by atoms with van der Waals surface area (Å²) in [6.45, 7) is -0.352. The second-order valence-electron chi connectivity index (χ2n) is 4.51. The van der Waals surface area contributed by atoms with Gasteiger partial charge in [0.2, 0.25) is 11.8 Å². The normalized spacial score (nSPS) is 18.6. The molecule has 7 heteroatoms. The molecular formula is C14H13ClN2O4. The van der Waals surface area contributed by atoms with E-state index in [0.717, 1.165) is 10.5 Å². The summed E-state index contributed by atoms with van der Waals surface area (Å²) in [5, 5.41) is 12.1. The first-order valence-corrected chi connectivity index (χ1v) is 6.59. The lowest BCUT2D eigenvalue weighted by atomic mass is 10.1. The number of carboxylic acid groups (broad SMARTS) is 1. The van der Waals surface area contributed by atoms with Crippen LogP contribution in [0.5, 0.6) is 0 Å². The minimum Gasteiger partial charge on any atom is -0.480 e. The molecule has 110 valence electrons. The lowest BCUT2D eigenvalue weighted by Crippen LogP contribution is -2.59. The third-order valence-electron chi connectivity index (χ3n) is 3.04. The first-order valence-electron chi connectivity index (χ1n) is 6.21. The van der Waals surface area contributed by atoms with E-state index in [1.807, 2.05) is 0 Å². The molecule has 6 nitrogen and oxygen atoms in total. The Bertz CT molecular complexity index is 597. The summed E-state index contributed by atoms with van der Waals surface area (Å²) < 4.78 is 0. The first-order chi connectivity index (χ1) is 9.97. The smallest absolute Gasteiger partial charge is 0.328 e. The summed E-state index contributed by atoms with van der Waals surface area (Å²) >= 11 is 5.76. The highest BCUT2D eigenvalue weighted by atomic mass is 35.5. The lowest BCUT2D eigenvalue weighted by molar-refractivity contribution is -0.152. The van der Waals surface area contributed by atoms with Gasteiger partial charge in [-0.1, -0.05) is 23.7 Å². The van der Waals surface area contributed by atoms with Crippen LogP contribution >= 0.6 is 11.6 Å². The number of hydrogen-bond acceptors (Lipinski definition) is 3. The molecule has 1 aliphatic heterocycles. The van der Waals surface area contributed by atoms with Crippen LogP contribution in [0.25, 0.3) is 6.08 Å². The van der Waals surface area contributed by atoms with Crippen LogP contribution in [0.2, 0.25) is 5.02 Å². The molecule has 0 saturated carbocycles. The zero-order valence-corrected chi connectivity index (χ0v) is 11.7. The Morgan fingerprint density at radius 2 is 2.00 bits per heavy atom. The van der Waals surface area contributed by atoms with E-state index >= 15 is 0 Å². The zero-order valence-electron chi connectivity index (χ0n) is 11.0. The Morgan fingerprint density at radius 3 is 2.62 bits per heavy atom. The third kappa shape index (κ3) is 3.82. The molecule has 1 fully saturated rings. The van der Waals surface area contributed by atoms with Gasteiger partial charge in [0.25, 0.3) is 0 Å². The molecule has 1 unspecified atom stereocenters. The Labute approximate surface area is 126 Å². The van der Waals surface area contributed by atoms with Gasteiger partial charge in [-0.05, 0) is 23.8 Å². The van der Waals surface area contributed by atoms with Crippen molar-refractivity contribution in [3.8, 4) is 0 Å². The van der Waals surface area contributed by atoms with E-state index in [1.165, 1.54) is 6.08 Å². The van der Waals surface area contributed by atoms with Crippen LogP contribution in [0.1, 0.15) is 5.56 Å². The highest BCUT2D eigenvalue weighted by Crippen LogP contribution is 2.12. The predicted octanol–water partition coefficient (Wildman–Crippen LogP) is 0.765. The van der Waals surface area contributed by atoms with Crippen molar-refractivity contribution < 1.29 is 19.5 Å². The minimum absolute atomic E-state index is 0.0886. The van der Waals surface area contributed by atoms with Crippen LogP contribution in [0, 0.1) is 0 Å². The van der Waals surface area contributed by atoms with Crippen molar-refractivity contribution in [2.75, 3.05) is 13.1 Å². The van der Waals surface area contributed by atoms with Gasteiger partial charge in [-0.2, -0.15) is 0 Å². The molecule has 1 heterocycles. The summed E-state index contributed by atoms with van der Waals surface area (Å²) in [6, 6.07) is 5.76. The SMILES string of the molecule is O=C1CN(C(=O)/C=C/c2ccc(Cl)cc2)C(C(=O)O)CN1. The van der Waals surface area contributed by atoms with E-state index in [1.54, 1.807) is 30.3 Å². The number of amides is 2. The first kappa shape index (κ1) is 15.1. The van der Waals surface area contributed by atoms with Gasteiger partial charge in [0.15, 0.2) is 0 Å². The molecule has 2 N–H and O–H groups in total. The van der Waals surface area contributed by atoms with E-state index in [2.05, 4.69) is 5.32 Å². The van der Waals surface area contributed by atoms with Crippen molar-refractivity contribution in [1.29, 1.82) is 0 Å². The molecule has 21 heavy (non-hydrogen) atoms. The van der Waals surface area contributed by atoms with Crippen molar-refractivity contribution in [2.45, 2.75) is 6.04 Å². The van der Waals surface area contributed by atoms with Crippen molar-refractivity contribution in [2.24, 2.45) is 0 Å². The topological polar surface area (TPSA) is 86.7 Å². The zero-order chi connectivity index (χ0) is 15.4. The van der Waals surface area contributed by atoms with Crippen LogP contribution in [-0.4, -0.2) is 46.9 Å². The number of carbonyl (C=O) groups is 3. The molecule has 0 spiro atoms. The molecule has 2 amide bonds. The maximum atomic E-state index is 12.1. The number of nitrogens with one attached hydrogen (secondary N) is 1. The van der Waals surface area contributed by atoms with E-state index in [0.29, 0.717) is 5.02 Å². The number of aliphatic carboxylic acids is 1. The van der Waals surface area contributed by atoms with Gasteiger partial charge in [0, 0.05) is 17.6 Å². The Morgan fingerprint density at radius 1 is 1.33 bits per heavy atom. The molecule has 0 aromatic heterocycles. The largest absolute Gasteiger partial charge is 0.480 e. The molecule has 1 aromatic carbocycles. The Balaban J connectivity index is 2.11. The molecule has 2 rings (SSSR count). The van der Waals surface area contributed by atoms with Crippen LogP contribution in [0.15, 0.2) is 30.3 Å². The molecule has 0 bridgehead atoms. The summed E-state index contributed by atoms with van der Waals surface area (Å²) in [5.41, 5.74) is 0.751. The third-order valence-corrected chi connectivity index (χ3v) is 3.29. The number of rotatable bonds is 3. The van der Waals surface area contributed by atoms with E-state index in [-0.39, 0.29) is 19.0 Å². The van der Waals surface area contributed by atoms with Crippen molar-refractivity contribution in [3.05, 3.63) is 40.9 Å². The molecule has 1 aliphatic rings. The molecule has 1 aromatic rings. The average Bonchev–Trinajstić information content (AvgIpc) is 2.46. The van der Waals surface area contributed by atoms with E-state index in [9.17, 15) is 14.4 Å². The van der Waals surface area contributed by atoms with E-state index < -0.39 is 17.9 Å². The van der Waals surface area contributed by atoms with Gasteiger partial charge in [0.1, 0.15) is 12.6 Å². The summed E-state index contributed by atoms with van der Waals surface area (Å²) in [5.74, 6) is -2.05. The molecule has 1 atom stereocenters. The second-order valence-corrected chi connectivity index (χ2v) is 4.95. The highest BCUT2D eigenvalue weighted by molar-refractivity contribution is 6.30. The monoisotopic (exact) mass is 308 g/mol. The number of piperazine rings is 1. The fourth-order valence-electron chi connectivity index (χ4n) is 1.93. The number of nitrogens with zero attached hydrogens (tertiary/aromatic N) is 1. The fraction of sp³-hybridized carbons (Fsp3) is 0.214. The summed E-state index contributed by atoms with van der Waals surface area (Å²) in [7, 11) is 0. The van der Waals surface area contributed by atoms with Gasteiger partial charge in [-0.15, -0.1) is 0 Å². The number of benzene rings is 1. The van der Waals surface area contributed by atoms with Crippen LogP contribution in [0.4, 0.5) is 0 Å². The van der Waals surface area contributed by atoms with Gasteiger partial charge < -0.3 is 15.3 Å². The standard InChI is InChI=1S/C14H13ClN2O4/c15-10-4-1-9(2-5-10)3-6-13(19)17-8-12(18)16-7-11(17)14(20)21/h1-6,11H,7-8H2,(H,16,18)(H,20,21)/b6-3+. The van der Waals surface area contributed by atoms with Crippen LogP contribution in [-0.2, 0) is 14.4 Å². The minimum atomic E-state index is -1.15. The Kier molecular flexibility index (Phi) is 4.59. The number of carbonyl (C=O) groups excluding carboxylic acids is 2. The van der Waals surface area contributed by atoms with Crippen molar-refractivity contribution >= 4 is 35.5 Å². The fourth-order valence-corrected chi connectivity index (χ4v) is 2.06. The number of halogens is 1. The summed E-state index contributed by atoms with van der Waals surface area (Å²) in [4.78, 5) is 35.5. The number of carboxylic acids is 1. The molecule has 0 radical (unpaired) electrons. The molecular weight excluding hydrogens is 296 g/mol.